The summed E-state index contributed by atoms with van der Waals surface area (Å²) in [6, 6.07) is 15.0. The molecule has 0 radical (unpaired) electrons. The molecule has 2 aliphatic heterocycles. The number of esters is 1. The van der Waals surface area contributed by atoms with E-state index in [-0.39, 0.29) is 30.8 Å². The van der Waals surface area contributed by atoms with E-state index in [9.17, 15) is 18.8 Å². The molecule has 3 heterocycles. The number of amides is 1. The van der Waals surface area contributed by atoms with Gasteiger partial charge in [-0.25, -0.2) is 9.38 Å². The van der Waals surface area contributed by atoms with Crippen LogP contribution in [0.2, 0.25) is 0 Å². The van der Waals surface area contributed by atoms with E-state index in [1.54, 1.807) is 12.1 Å². The lowest BCUT2D eigenvalue weighted by Crippen LogP contribution is -2.41. The maximum Gasteiger partial charge on any atom is 0.303 e. The summed E-state index contributed by atoms with van der Waals surface area (Å²) in [5.41, 5.74) is 2.96. The van der Waals surface area contributed by atoms with Gasteiger partial charge in [0.25, 0.3) is 11.8 Å². The fourth-order valence-corrected chi connectivity index (χ4v) is 4.73. The topological polar surface area (TPSA) is 93.9 Å². The quantitative estimate of drug-likeness (QED) is 0.496. The van der Waals surface area contributed by atoms with Crippen LogP contribution < -0.4 is 0 Å². The van der Waals surface area contributed by atoms with E-state index in [1.807, 2.05) is 35.2 Å². The largest absolute Gasteiger partial charge is 0.459 e. The third-order valence-corrected chi connectivity index (χ3v) is 6.57. The van der Waals surface area contributed by atoms with Crippen molar-refractivity contribution in [3.05, 3.63) is 71.7 Å². The summed E-state index contributed by atoms with van der Waals surface area (Å²) >= 11 is 0. The van der Waals surface area contributed by atoms with Crippen molar-refractivity contribution in [2.75, 3.05) is 13.1 Å². The van der Waals surface area contributed by atoms with Crippen LogP contribution in [0.25, 0.3) is 11.1 Å². The highest BCUT2D eigenvalue weighted by Gasteiger charge is 2.33. The van der Waals surface area contributed by atoms with Gasteiger partial charge >= 0.3 is 5.97 Å². The normalized spacial score (nSPS) is 15.9. The number of benzene rings is 2. The van der Waals surface area contributed by atoms with Crippen molar-refractivity contribution in [2.24, 2.45) is 10.9 Å². The fraction of sp³-hybridized carbons (Fsp3) is 0.296. The van der Waals surface area contributed by atoms with Crippen LogP contribution in [0.3, 0.4) is 0 Å². The Morgan fingerprint density at radius 1 is 1.06 bits per heavy atom. The van der Waals surface area contributed by atoms with Crippen LogP contribution in [0.15, 0.2) is 59.6 Å². The van der Waals surface area contributed by atoms with Gasteiger partial charge < -0.3 is 9.64 Å². The van der Waals surface area contributed by atoms with E-state index in [0.717, 1.165) is 5.71 Å². The van der Waals surface area contributed by atoms with Gasteiger partial charge in [-0.1, -0.05) is 30.3 Å². The predicted molar refractivity (Wildman–Crippen MR) is 130 cm³/mol. The van der Waals surface area contributed by atoms with Crippen molar-refractivity contribution in [3.63, 3.8) is 0 Å². The number of aromatic nitrogens is 2. The van der Waals surface area contributed by atoms with Crippen molar-refractivity contribution in [2.45, 2.75) is 32.8 Å². The highest BCUT2D eigenvalue weighted by atomic mass is 19.1. The second-order valence-corrected chi connectivity index (χ2v) is 8.95. The van der Waals surface area contributed by atoms with Gasteiger partial charge in [0.2, 0.25) is 0 Å². The Labute approximate surface area is 207 Å². The smallest absolute Gasteiger partial charge is 0.303 e. The van der Waals surface area contributed by atoms with E-state index in [2.05, 4.69) is 5.10 Å². The predicted octanol–water partition coefficient (Wildman–Crippen LogP) is 4.42. The van der Waals surface area contributed by atoms with Crippen LogP contribution in [0.4, 0.5) is 10.2 Å². The zero-order valence-electron chi connectivity index (χ0n) is 19.8. The minimum atomic E-state index is -0.474. The molecule has 5 rings (SSSR count). The summed E-state index contributed by atoms with van der Waals surface area (Å²) < 4.78 is 20.0. The van der Waals surface area contributed by atoms with E-state index in [0.29, 0.717) is 54.1 Å². The molecule has 36 heavy (non-hydrogen) atoms. The summed E-state index contributed by atoms with van der Waals surface area (Å²) in [7, 11) is 0. The molecule has 1 amide bonds. The lowest BCUT2D eigenvalue weighted by atomic mass is 9.89. The maximum atomic E-state index is 13.6. The minimum absolute atomic E-state index is 0.00231. The molecule has 1 saturated heterocycles. The molecule has 2 aromatic carbocycles. The van der Waals surface area contributed by atoms with Crippen LogP contribution in [-0.2, 0) is 16.1 Å². The monoisotopic (exact) mass is 488 g/mol. The van der Waals surface area contributed by atoms with Crippen LogP contribution in [0.5, 0.6) is 0 Å². The van der Waals surface area contributed by atoms with Gasteiger partial charge in [-0.05, 0) is 42.7 Å². The molecule has 2 aliphatic rings. The van der Waals surface area contributed by atoms with E-state index >= 15 is 0 Å². The number of carbonyl (C=O) groups is 3. The Morgan fingerprint density at radius 3 is 2.42 bits per heavy atom. The van der Waals surface area contributed by atoms with Gasteiger partial charge in [0.1, 0.15) is 18.1 Å². The first-order valence-electron chi connectivity index (χ1n) is 11.9. The number of fused-ring (bicyclic) bond motifs is 1. The number of hydrogen-bond acceptors (Lipinski definition) is 6. The molecule has 0 bridgehead atoms. The Hall–Kier alpha value is -4.14. The summed E-state index contributed by atoms with van der Waals surface area (Å²) in [6.07, 6.45) is 1.53. The second kappa shape index (κ2) is 9.85. The van der Waals surface area contributed by atoms with Gasteiger partial charge in [0.05, 0.1) is 12.0 Å². The minimum Gasteiger partial charge on any atom is -0.459 e. The first-order chi connectivity index (χ1) is 17.4. The zero-order valence-corrected chi connectivity index (χ0v) is 19.8. The highest BCUT2D eigenvalue weighted by Crippen LogP contribution is 2.38. The first-order valence-corrected chi connectivity index (χ1v) is 11.9. The molecule has 1 aromatic heterocycles. The molecule has 0 aliphatic carbocycles. The van der Waals surface area contributed by atoms with Crippen molar-refractivity contribution in [3.8, 4) is 11.1 Å². The number of rotatable bonds is 5. The van der Waals surface area contributed by atoms with Crippen LogP contribution >= 0.6 is 0 Å². The summed E-state index contributed by atoms with van der Waals surface area (Å²) in [6.45, 7) is 2.32. The molecule has 0 spiro atoms. The summed E-state index contributed by atoms with van der Waals surface area (Å²) in [4.78, 5) is 44.0. The number of hydrogen-bond donors (Lipinski definition) is 0. The molecular formula is C27H25FN4O4. The van der Waals surface area contributed by atoms with Crippen LogP contribution in [-0.4, -0.2) is 51.3 Å². The summed E-state index contributed by atoms with van der Waals surface area (Å²) in [5, 5.41) is 4.39. The third-order valence-electron chi connectivity index (χ3n) is 6.57. The van der Waals surface area contributed by atoms with Crippen molar-refractivity contribution < 1.29 is 23.5 Å². The van der Waals surface area contributed by atoms with Crippen molar-refractivity contribution >= 4 is 29.3 Å². The van der Waals surface area contributed by atoms with Crippen LogP contribution in [0.1, 0.15) is 47.0 Å². The Bertz CT molecular complexity index is 1340. The molecular weight excluding hydrogens is 463 g/mol. The summed E-state index contributed by atoms with van der Waals surface area (Å²) in [5.74, 6) is -0.678. The number of carbonyl (C=O) groups excluding carboxylic acids is 3. The van der Waals surface area contributed by atoms with Gasteiger partial charge in [0.15, 0.2) is 5.82 Å². The first kappa shape index (κ1) is 23.6. The van der Waals surface area contributed by atoms with Crippen LogP contribution in [0, 0.1) is 11.7 Å². The Balaban J connectivity index is 1.42. The van der Waals surface area contributed by atoms with Gasteiger partial charge in [-0.3, -0.25) is 14.4 Å². The highest BCUT2D eigenvalue weighted by molar-refractivity contribution is 6.08. The number of piperidine rings is 1. The van der Waals surface area contributed by atoms with Crippen molar-refractivity contribution in [1.82, 2.24) is 14.7 Å². The number of nitrogens with zero attached hydrogens (tertiary/aromatic N) is 4. The maximum absolute atomic E-state index is 13.6. The van der Waals surface area contributed by atoms with E-state index < -0.39 is 11.8 Å². The van der Waals surface area contributed by atoms with Gasteiger partial charge in [0, 0.05) is 37.2 Å². The lowest BCUT2D eigenvalue weighted by Gasteiger charge is -2.33. The number of likely N-dealkylation sites (tertiary alicyclic amines) is 1. The van der Waals surface area contributed by atoms with Crippen molar-refractivity contribution in [1.29, 1.82) is 0 Å². The molecule has 0 unspecified atom stereocenters. The fourth-order valence-electron chi connectivity index (χ4n) is 4.73. The third kappa shape index (κ3) is 4.68. The SMILES string of the molecule is CC(=O)OCc1nn2c(c1-c1ccc(F)cc1)N=C(C1CCN(C(=O)c3ccccc3)CC1)CC2=O. The van der Waals surface area contributed by atoms with E-state index in [1.165, 1.54) is 23.7 Å². The average Bonchev–Trinajstić information content (AvgIpc) is 3.27. The van der Waals surface area contributed by atoms with Gasteiger partial charge in [-0.2, -0.15) is 9.78 Å². The second-order valence-electron chi connectivity index (χ2n) is 8.95. The lowest BCUT2D eigenvalue weighted by molar-refractivity contribution is -0.142. The number of ether oxygens (including phenoxy) is 1. The Morgan fingerprint density at radius 2 is 1.75 bits per heavy atom. The molecule has 9 heteroatoms. The van der Waals surface area contributed by atoms with Gasteiger partial charge in [-0.15, -0.1) is 0 Å². The molecule has 3 aromatic rings. The van der Waals surface area contributed by atoms with E-state index in [4.69, 9.17) is 9.73 Å². The molecule has 184 valence electrons. The molecule has 0 atom stereocenters. The Kier molecular flexibility index (Phi) is 6.45. The zero-order chi connectivity index (χ0) is 25.2. The standard InChI is InChI=1S/C27H25FN4O4/c1-17(33)36-16-23-25(19-7-9-21(28)10-8-19)26-29-22(15-24(34)32(26)30-23)18-11-13-31(14-12-18)27(35)20-5-3-2-4-6-20/h2-10,18H,11-16H2,1H3. The molecule has 8 nitrogen and oxygen atoms in total. The molecule has 1 fully saturated rings. The molecule has 0 N–H and O–H groups in total. The number of halogens is 1. The average molecular weight is 489 g/mol. The molecule has 0 saturated carbocycles. The number of aliphatic imine (C=N–C) groups is 1.